The molecule has 2 rings (SSSR count). The first-order valence-electron chi connectivity index (χ1n) is 6.86. The Morgan fingerprint density at radius 2 is 1.90 bits per heavy atom. The summed E-state index contributed by atoms with van der Waals surface area (Å²) in [5, 5.41) is 3.25. The fourth-order valence-corrected chi connectivity index (χ4v) is 2.90. The molecule has 20 heavy (non-hydrogen) atoms. The molecule has 1 N–H and O–H groups in total. The van der Waals surface area contributed by atoms with E-state index in [-0.39, 0.29) is 6.04 Å². The Hall–Kier alpha value is -1.07. The van der Waals surface area contributed by atoms with E-state index >= 15 is 0 Å². The van der Waals surface area contributed by atoms with E-state index in [4.69, 9.17) is 4.74 Å². The SMILES string of the molecule is CNC(c1ccc(C(F)(F)F)cc1C)C1CCOCC1. The molecule has 1 unspecified atom stereocenters. The van der Waals surface area contributed by atoms with E-state index in [9.17, 15) is 13.2 Å². The van der Waals surface area contributed by atoms with E-state index in [0.717, 1.165) is 31.6 Å². The van der Waals surface area contributed by atoms with Crippen molar-refractivity contribution in [1.29, 1.82) is 0 Å². The van der Waals surface area contributed by atoms with E-state index in [0.29, 0.717) is 11.5 Å². The van der Waals surface area contributed by atoms with Crippen molar-refractivity contribution in [3.63, 3.8) is 0 Å². The zero-order valence-electron chi connectivity index (χ0n) is 11.8. The Labute approximate surface area is 117 Å². The number of hydrogen-bond donors (Lipinski definition) is 1. The van der Waals surface area contributed by atoms with Gasteiger partial charge < -0.3 is 10.1 Å². The lowest BCUT2D eigenvalue weighted by Gasteiger charge is -2.31. The lowest BCUT2D eigenvalue weighted by molar-refractivity contribution is -0.137. The summed E-state index contributed by atoms with van der Waals surface area (Å²) in [6, 6.07) is 4.10. The predicted octanol–water partition coefficient (Wildman–Crippen LogP) is 3.70. The van der Waals surface area contributed by atoms with Gasteiger partial charge in [0.1, 0.15) is 0 Å². The van der Waals surface area contributed by atoms with Gasteiger partial charge >= 0.3 is 6.18 Å². The van der Waals surface area contributed by atoms with Crippen LogP contribution in [0, 0.1) is 12.8 Å². The third kappa shape index (κ3) is 3.33. The van der Waals surface area contributed by atoms with Gasteiger partial charge in [-0.15, -0.1) is 0 Å². The van der Waals surface area contributed by atoms with E-state index in [1.54, 1.807) is 13.0 Å². The molecule has 1 aliphatic heterocycles. The quantitative estimate of drug-likeness (QED) is 0.915. The van der Waals surface area contributed by atoms with Crippen molar-refractivity contribution in [1.82, 2.24) is 5.32 Å². The molecule has 1 aromatic rings. The highest BCUT2D eigenvalue weighted by atomic mass is 19.4. The second-order valence-corrected chi connectivity index (χ2v) is 5.29. The maximum Gasteiger partial charge on any atom is 0.416 e. The minimum absolute atomic E-state index is 0.0844. The van der Waals surface area contributed by atoms with Crippen LogP contribution in [0.3, 0.4) is 0 Å². The van der Waals surface area contributed by atoms with E-state index < -0.39 is 11.7 Å². The number of alkyl halides is 3. The van der Waals surface area contributed by atoms with Gasteiger partial charge in [0.15, 0.2) is 0 Å². The summed E-state index contributed by atoms with van der Waals surface area (Å²) < 4.78 is 43.5. The van der Waals surface area contributed by atoms with Gasteiger partial charge in [-0.25, -0.2) is 0 Å². The van der Waals surface area contributed by atoms with E-state index in [1.807, 2.05) is 7.05 Å². The van der Waals surface area contributed by atoms with E-state index in [2.05, 4.69) is 5.32 Å². The fourth-order valence-electron chi connectivity index (χ4n) is 2.90. The molecule has 1 fully saturated rings. The summed E-state index contributed by atoms with van der Waals surface area (Å²) >= 11 is 0. The van der Waals surface area contributed by atoms with Crippen LogP contribution >= 0.6 is 0 Å². The molecule has 0 radical (unpaired) electrons. The van der Waals surface area contributed by atoms with Gasteiger partial charge in [0.05, 0.1) is 5.56 Å². The molecule has 112 valence electrons. The molecule has 0 aromatic heterocycles. The first kappa shape index (κ1) is 15.3. The summed E-state index contributed by atoms with van der Waals surface area (Å²) in [6.07, 6.45) is -2.41. The number of nitrogens with one attached hydrogen (secondary N) is 1. The van der Waals surface area contributed by atoms with Crippen LogP contribution in [0.2, 0.25) is 0 Å². The van der Waals surface area contributed by atoms with Crippen LogP contribution in [-0.2, 0) is 10.9 Å². The highest BCUT2D eigenvalue weighted by Crippen LogP contribution is 2.35. The molecule has 0 spiro atoms. The van der Waals surface area contributed by atoms with Crippen molar-refractivity contribution in [3.8, 4) is 0 Å². The number of benzene rings is 1. The Morgan fingerprint density at radius 1 is 1.25 bits per heavy atom. The van der Waals surface area contributed by atoms with Crippen molar-refractivity contribution in [2.24, 2.45) is 5.92 Å². The Balaban J connectivity index is 2.26. The van der Waals surface area contributed by atoms with Crippen LogP contribution in [0.5, 0.6) is 0 Å². The summed E-state index contributed by atoms with van der Waals surface area (Å²) in [5.41, 5.74) is 1.05. The Bertz CT molecular complexity index is 453. The highest BCUT2D eigenvalue weighted by Gasteiger charge is 2.32. The fraction of sp³-hybridized carbons (Fsp3) is 0.600. The number of halogens is 3. The zero-order chi connectivity index (χ0) is 14.8. The first-order valence-corrected chi connectivity index (χ1v) is 6.86. The van der Waals surface area contributed by atoms with Crippen LogP contribution in [-0.4, -0.2) is 20.3 Å². The highest BCUT2D eigenvalue weighted by molar-refractivity contribution is 5.35. The normalized spacial score (nSPS) is 19.1. The van der Waals surface area contributed by atoms with Crippen LogP contribution < -0.4 is 5.32 Å². The van der Waals surface area contributed by atoms with Crippen molar-refractivity contribution >= 4 is 0 Å². The van der Waals surface area contributed by atoms with Gasteiger partial charge in [0.2, 0.25) is 0 Å². The molecule has 1 saturated heterocycles. The molecule has 2 nitrogen and oxygen atoms in total. The van der Waals surface area contributed by atoms with Gasteiger partial charge in [-0.05, 0) is 56.0 Å². The molecule has 0 aliphatic carbocycles. The molecule has 0 saturated carbocycles. The van der Waals surface area contributed by atoms with Gasteiger partial charge in [-0.1, -0.05) is 6.07 Å². The summed E-state index contributed by atoms with van der Waals surface area (Å²) in [7, 11) is 1.86. The first-order chi connectivity index (χ1) is 9.43. The second kappa shape index (κ2) is 6.14. The maximum atomic E-state index is 12.7. The van der Waals surface area contributed by atoms with Gasteiger partial charge in [-0.3, -0.25) is 0 Å². The number of aryl methyl sites for hydroxylation is 1. The summed E-state index contributed by atoms with van der Waals surface area (Å²) in [4.78, 5) is 0. The molecular weight excluding hydrogens is 267 g/mol. The van der Waals surface area contributed by atoms with Crippen LogP contribution in [0.25, 0.3) is 0 Å². The smallest absolute Gasteiger partial charge is 0.381 e. The minimum Gasteiger partial charge on any atom is -0.381 e. The Morgan fingerprint density at radius 3 is 2.40 bits per heavy atom. The molecule has 1 aliphatic rings. The monoisotopic (exact) mass is 287 g/mol. The zero-order valence-corrected chi connectivity index (χ0v) is 11.8. The number of ether oxygens (including phenoxy) is 1. The van der Waals surface area contributed by atoms with Crippen LogP contribution in [0.1, 0.15) is 35.6 Å². The average Bonchev–Trinajstić information content (AvgIpc) is 2.41. The van der Waals surface area contributed by atoms with Crippen LogP contribution in [0.4, 0.5) is 13.2 Å². The third-order valence-corrected chi connectivity index (χ3v) is 3.98. The Kier molecular flexibility index (Phi) is 4.70. The lowest BCUT2D eigenvalue weighted by Crippen LogP contribution is -2.30. The molecule has 0 amide bonds. The number of hydrogen-bond acceptors (Lipinski definition) is 2. The molecule has 0 bridgehead atoms. The molecular formula is C15H20F3NO. The van der Waals surface area contributed by atoms with Crippen molar-refractivity contribution < 1.29 is 17.9 Å². The third-order valence-electron chi connectivity index (χ3n) is 3.98. The second-order valence-electron chi connectivity index (χ2n) is 5.29. The van der Waals surface area contributed by atoms with Crippen molar-refractivity contribution in [2.75, 3.05) is 20.3 Å². The molecule has 5 heteroatoms. The minimum atomic E-state index is -4.28. The predicted molar refractivity (Wildman–Crippen MR) is 71.5 cm³/mol. The molecule has 1 atom stereocenters. The van der Waals surface area contributed by atoms with Crippen LogP contribution in [0.15, 0.2) is 18.2 Å². The standard InChI is InChI=1S/C15H20F3NO/c1-10-9-12(15(16,17)18)3-4-13(10)14(19-2)11-5-7-20-8-6-11/h3-4,9,11,14,19H,5-8H2,1-2H3. The van der Waals surface area contributed by atoms with Gasteiger partial charge in [0, 0.05) is 19.3 Å². The van der Waals surface area contributed by atoms with Crippen molar-refractivity contribution in [3.05, 3.63) is 34.9 Å². The average molecular weight is 287 g/mol. The summed E-state index contributed by atoms with van der Waals surface area (Å²) in [5.74, 6) is 0.407. The van der Waals surface area contributed by atoms with Gasteiger partial charge in [-0.2, -0.15) is 13.2 Å². The lowest BCUT2D eigenvalue weighted by atomic mass is 9.85. The maximum absolute atomic E-state index is 12.7. The molecule has 1 heterocycles. The van der Waals surface area contributed by atoms with E-state index in [1.165, 1.54) is 12.1 Å². The number of rotatable bonds is 3. The van der Waals surface area contributed by atoms with Crippen molar-refractivity contribution in [2.45, 2.75) is 32.0 Å². The summed E-state index contributed by atoms with van der Waals surface area (Å²) in [6.45, 7) is 3.19. The topological polar surface area (TPSA) is 21.3 Å². The molecule has 1 aromatic carbocycles. The van der Waals surface area contributed by atoms with Gasteiger partial charge in [0.25, 0.3) is 0 Å². The largest absolute Gasteiger partial charge is 0.416 e.